The zero-order chi connectivity index (χ0) is 12.7. The molecule has 0 amide bonds. The van der Waals surface area contributed by atoms with Crippen molar-refractivity contribution in [2.24, 2.45) is 5.73 Å². The van der Waals surface area contributed by atoms with Gasteiger partial charge in [-0.3, -0.25) is 4.90 Å². The van der Waals surface area contributed by atoms with E-state index >= 15 is 0 Å². The van der Waals surface area contributed by atoms with Crippen molar-refractivity contribution < 1.29 is 4.74 Å². The summed E-state index contributed by atoms with van der Waals surface area (Å²) in [7, 11) is 3.81. The third kappa shape index (κ3) is 4.11. The van der Waals surface area contributed by atoms with E-state index in [-0.39, 0.29) is 6.04 Å². The molecule has 0 spiro atoms. The molecule has 3 heteroatoms. The maximum Gasteiger partial charge on any atom is 0.0589 e. The van der Waals surface area contributed by atoms with Gasteiger partial charge in [-0.15, -0.1) is 0 Å². The largest absolute Gasteiger partial charge is 0.383 e. The van der Waals surface area contributed by atoms with E-state index in [2.05, 4.69) is 43.1 Å². The van der Waals surface area contributed by atoms with E-state index in [1.165, 1.54) is 11.1 Å². The number of benzene rings is 1. The van der Waals surface area contributed by atoms with Gasteiger partial charge in [0.25, 0.3) is 0 Å². The molecule has 0 saturated heterocycles. The van der Waals surface area contributed by atoms with Crippen molar-refractivity contribution in [3.63, 3.8) is 0 Å². The number of nitrogens with two attached hydrogens (primary N) is 1. The lowest BCUT2D eigenvalue weighted by molar-refractivity contribution is 0.140. The van der Waals surface area contributed by atoms with Crippen LogP contribution in [0.5, 0.6) is 0 Å². The minimum Gasteiger partial charge on any atom is -0.383 e. The summed E-state index contributed by atoms with van der Waals surface area (Å²) in [5.41, 5.74) is 8.51. The minimum atomic E-state index is 0.274. The van der Waals surface area contributed by atoms with Crippen LogP contribution in [0.1, 0.15) is 24.1 Å². The minimum absolute atomic E-state index is 0.274. The number of hydrogen-bond donors (Lipinski definition) is 1. The maximum absolute atomic E-state index is 5.87. The normalized spacial score (nSPS) is 13.0. The molecule has 0 aliphatic rings. The molecule has 17 heavy (non-hydrogen) atoms. The first-order chi connectivity index (χ1) is 8.22. The van der Waals surface area contributed by atoms with Crippen LogP contribution in [0.2, 0.25) is 0 Å². The van der Waals surface area contributed by atoms with Crippen molar-refractivity contribution in [2.75, 3.05) is 33.9 Å². The average molecular weight is 236 g/mol. The first-order valence-corrected chi connectivity index (χ1v) is 6.21. The fourth-order valence-corrected chi connectivity index (χ4v) is 1.94. The highest BCUT2D eigenvalue weighted by Crippen LogP contribution is 2.18. The Balaban J connectivity index is 2.70. The van der Waals surface area contributed by atoms with Crippen molar-refractivity contribution in [3.05, 3.63) is 35.4 Å². The molecule has 0 aliphatic heterocycles. The zero-order valence-corrected chi connectivity index (χ0v) is 11.1. The molecule has 0 heterocycles. The molecule has 1 rings (SSSR count). The summed E-state index contributed by atoms with van der Waals surface area (Å²) in [6, 6.07) is 9.00. The lowest BCUT2D eigenvalue weighted by Crippen LogP contribution is -2.32. The van der Waals surface area contributed by atoms with Gasteiger partial charge in [-0.2, -0.15) is 0 Å². The van der Waals surface area contributed by atoms with Crippen molar-refractivity contribution >= 4 is 0 Å². The van der Waals surface area contributed by atoms with Crippen molar-refractivity contribution in [2.45, 2.75) is 19.4 Å². The lowest BCUT2D eigenvalue weighted by Gasteiger charge is -2.27. The molecule has 96 valence electrons. The van der Waals surface area contributed by atoms with E-state index in [1.54, 1.807) is 7.11 Å². The van der Waals surface area contributed by atoms with E-state index in [1.807, 2.05) is 0 Å². The Morgan fingerprint density at radius 1 is 1.29 bits per heavy atom. The van der Waals surface area contributed by atoms with Gasteiger partial charge in [-0.05, 0) is 24.6 Å². The molecular weight excluding hydrogens is 212 g/mol. The Kier molecular flexibility index (Phi) is 6.19. The molecule has 1 unspecified atom stereocenters. The topological polar surface area (TPSA) is 38.5 Å². The van der Waals surface area contributed by atoms with Crippen LogP contribution < -0.4 is 5.73 Å². The molecule has 1 aromatic carbocycles. The van der Waals surface area contributed by atoms with Crippen LogP contribution in [0.3, 0.4) is 0 Å². The number of hydrogen-bond acceptors (Lipinski definition) is 3. The molecule has 0 radical (unpaired) electrons. The summed E-state index contributed by atoms with van der Waals surface area (Å²) in [4.78, 5) is 2.24. The molecule has 0 saturated carbocycles. The number of ether oxygens (including phenoxy) is 1. The highest BCUT2D eigenvalue weighted by Gasteiger charge is 2.14. The van der Waals surface area contributed by atoms with Gasteiger partial charge in [0.15, 0.2) is 0 Å². The Morgan fingerprint density at radius 3 is 2.41 bits per heavy atom. The van der Waals surface area contributed by atoms with E-state index < -0.39 is 0 Å². The summed E-state index contributed by atoms with van der Waals surface area (Å²) in [6.07, 6.45) is 1.08. The zero-order valence-electron chi connectivity index (χ0n) is 11.1. The summed E-state index contributed by atoms with van der Waals surface area (Å²) < 4.78 is 5.10. The SMILES string of the molecule is CCc1ccc(C(CN)N(C)CCOC)cc1. The lowest BCUT2D eigenvalue weighted by atomic mass is 10.0. The van der Waals surface area contributed by atoms with Gasteiger partial charge in [0.1, 0.15) is 0 Å². The third-order valence-corrected chi connectivity index (χ3v) is 3.18. The molecule has 1 atom stereocenters. The molecule has 2 N–H and O–H groups in total. The molecule has 1 aromatic rings. The second kappa shape index (κ2) is 7.43. The third-order valence-electron chi connectivity index (χ3n) is 3.18. The first-order valence-electron chi connectivity index (χ1n) is 6.21. The Bertz CT molecular complexity index is 311. The molecule has 3 nitrogen and oxygen atoms in total. The van der Waals surface area contributed by atoms with Crippen LogP contribution in [0, 0.1) is 0 Å². The fraction of sp³-hybridized carbons (Fsp3) is 0.571. The number of likely N-dealkylation sites (N-methyl/N-ethyl adjacent to an activating group) is 1. The summed E-state index contributed by atoms with van der Waals surface area (Å²) in [6.45, 7) is 4.43. The summed E-state index contributed by atoms with van der Waals surface area (Å²) in [5.74, 6) is 0. The van der Waals surface area contributed by atoms with Crippen molar-refractivity contribution in [3.8, 4) is 0 Å². The second-order valence-electron chi connectivity index (χ2n) is 4.32. The van der Waals surface area contributed by atoms with Crippen LogP contribution >= 0.6 is 0 Å². The van der Waals surface area contributed by atoms with Crippen LogP contribution in [0.4, 0.5) is 0 Å². The summed E-state index contributed by atoms with van der Waals surface area (Å²) >= 11 is 0. The van der Waals surface area contributed by atoms with Gasteiger partial charge in [-0.25, -0.2) is 0 Å². The van der Waals surface area contributed by atoms with Crippen LogP contribution in [0.25, 0.3) is 0 Å². The van der Waals surface area contributed by atoms with Gasteiger partial charge in [0, 0.05) is 26.2 Å². The fourth-order valence-electron chi connectivity index (χ4n) is 1.94. The smallest absolute Gasteiger partial charge is 0.0589 e. The van der Waals surface area contributed by atoms with E-state index in [0.29, 0.717) is 6.54 Å². The van der Waals surface area contributed by atoms with Gasteiger partial charge < -0.3 is 10.5 Å². The predicted molar refractivity (Wildman–Crippen MR) is 72.1 cm³/mol. The Hall–Kier alpha value is -0.900. The second-order valence-corrected chi connectivity index (χ2v) is 4.32. The quantitative estimate of drug-likeness (QED) is 0.785. The molecule has 0 aliphatic carbocycles. The number of rotatable bonds is 7. The van der Waals surface area contributed by atoms with Gasteiger partial charge in [-0.1, -0.05) is 31.2 Å². The van der Waals surface area contributed by atoms with Crippen LogP contribution in [-0.4, -0.2) is 38.8 Å². The first kappa shape index (κ1) is 14.2. The summed E-state index contributed by atoms with van der Waals surface area (Å²) in [5, 5.41) is 0. The standard InChI is InChI=1S/C14H24N2O/c1-4-12-5-7-13(8-6-12)14(11-15)16(2)9-10-17-3/h5-8,14H,4,9-11,15H2,1-3H3. The average Bonchev–Trinajstić information content (AvgIpc) is 2.38. The van der Waals surface area contributed by atoms with E-state index in [9.17, 15) is 0 Å². The highest BCUT2D eigenvalue weighted by molar-refractivity contribution is 5.25. The van der Waals surface area contributed by atoms with E-state index in [4.69, 9.17) is 10.5 Å². The van der Waals surface area contributed by atoms with Crippen LogP contribution in [0.15, 0.2) is 24.3 Å². The van der Waals surface area contributed by atoms with Gasteiger partial charge in [0.2, 0.25) is 0 Å². The van der Waals surface area contributed by atoms with Gasteiger partial charge in [0.05, 0.1) is 6.61 Å². The molecular formula is C14H24N2O. The highest BCUT2D eigenvalue weighted by atomic mass is 16.5. The van der Waals surface area contributed by atoms with Gasteiger partial charge >= 0.3 is 0 Å². The Morgan fingerprint density at radius 2 is 1.94 bits per heavy atom. The Labute approximate surface area is 105 Å². The molecule has 0 fully saturated rings. The van der Waals surface area contributed by atoms with Crippen molar-refractivity contribution in [1.29, 1.82) is 0 Å². The number of nitrogens with zero attached hydrogens (tertiary/aromatic N) is 1. The number of methoxy groups -OCH3 is 1. The number of aryl methyl sites for hydroxylation is 1. The molecule has 0 bridgehead atoms. The molecule has 0 aromatic heterocycles. The maximum atomic E-state index is 5.87. The predicted octanol–water partition coefficient (Wildman–Crippen LogP) is 1.83. The van der Waals surface area contributed by atoms with E-state index in [0.717, 1.165) is 19.6 Å². The van der Waals surface area contributed by atoms with Crippen molar-refractivity contribution in [1.82, 2.24) is 4.90 Å². The van der Waals surface area contributed by atoms with Crippen LogP contribution in [-0.2, 0) is 11.2 Å². The monoisotopic (exact) mass is 236 g/mol.